The molecule has 2 rings (SSSR count). The molecule has 0 aliphatic heterocycles. The zero-order chi connectivity index (χ0) is 18.4. The summed E-state index contributed by atoms with van der Waals surface area (Å²) in [5.74, 6) is -0.0175. The predicted molar refractivity (Wildman–Crippen MR) is 95.0 cm³/mol. The van der Waals surface area contributed by atoms with Crippen LogP contribution in [0.25, 0.3) is 0 Å². The molecule has 0 unspecified atom stereocenters. The zero-order valence-electron chi connectivity index (χ0n) is 14.4. The van der Waals surface area contributed by atoms with Crippen molar-refractivity contribution in [1.82, 2.24) is 4.90 Å². The molecule has 0 saturated carbocycles. The summed E-state index contributed by atoms with van der Waals surface area (Å²) in [6, 6.07) is 13.3. The molecule has 1 N–H and O–H groups in total. The third-order valence-electron chi connectivity index (χ3n) is 3.43. The van der Waals surface area contributed by atoms with Crippen molar-refractivity contribution in [2.75, 3.05) is 26.0 Å². The van der Waals surface area contributed by atoms with Crippen LogP contribution in [0.3, 0.4) is 0 Å². The van der Waals surface area contributed by atoms with Gasteiger partial charge in [0, 0.05) is 30.9 Å². The number of carbonyl (C=O) groups excluding carboxylic acids is 3. The van der Waals surface area contributed by atoms with Gasteiger partial charge in [-0.2, -0.15) is 0 Å². The normalized spacial score (nSPS) is 10.0. The molecule has 0 radical (unpaired) electrons. The van der Waals surface area contributed by atoms with E-state index in [9.17, 15) is 14.4 Å². The smallest absolute Gasteiger partial charge is 0.262 e. The first-order valence-corrected chi connectivity index (χ1v) is 7.72. The summed E-state index contributed by atoms with van der Waals surface area (Å²) < 4.78 is 5.39. The van der Waals surface area contributed by atoms with Crippen LogP contribution in [0.4, 0.5) is 5.69 Å². The van der Waals surface area contributed by atoms with Crippen LogP contribution in [0, 0.1) is 0 Å². The lowest BCUT2D eigenvalue weighted by Gasteiger charge is -2.12. The maximum atomic E-state index is 12.0. The maximum Gasteiger partial charge on any atom is 0.262 e. The van der Waals surface area contributed by atoms with E-state index in [1.165, 1.54) is 11.8 Å². The van der Waals surface area contributed by atoms with Crippen molar-refractivity contribution in [3.63, 3.8) is 0 Å². The van der Waals surface area contributed by atoms with Crippen LogP contribution < -0.4 is 10.1 Å². The maximum absolute atomic E-state index is 12.0. The number of ether oxygens (including phenoxy) is 1. The molecule has 2 aromatic carbocycles. The third kappa shape index (κ3) is 5.17. The van der Waals surface area contributed by atoms with Gasteiger partial charge < -0.3 is 15.0 Å². The summed E-state index contributed by atoms with van der Waals surface area (Å²) in [6.07, 6.45) is 0. The van der Waals surface area contributed by atoms with Gasteiger partial charge >= 0.3 is 0 Å². The summed E-state index contributed by atoms with van der Waals surface area (Å²) >= 11 is 0. The number of rotatable bonds is 6. The summed E-state index contributed by atoms with van der Waals surface area (Å²) in [4.78, 5) is 36.6. The Bertz CT molecular complexity index is 782. The molecular formula is C19H20N2O4. The highest BCUT2D eigenvalue weighted by Gasteiger charge is 2.10. The Morgan fingerprint density at radius 3 is 2.28 bits per heavy atom. The van der Waals surface area contributed by atoms with Crippen molar-refractivity contribution in [2.45, 2.75) is 6.92 Å². The van der Waals surface area contributed by atoms with Crippen molar-refractivity contribution < 1.29 is 19.1 Å². The molecule has 0 aromatic heterocycles. The molecule has 0 aliphatic carbocycles. The van der Waals surface area contributed by atoms with Gasteiger partial charge in [-0.3, -0.25) is 14.4 Å². The van der Waals surface area contributed by atoms with Gasteiger partial charge in [0.2, 0.25) is 0 Å². The fourth-order valence-electron chi connectivity index (χ4n) is 2.12. The monoisotopic (exact) mass is 340 g/mol. The van der Waals surface area contributed by atoms with Gasteiger partial charge in [0.05, 0.1) is 0 Å². The topological polar surface area (TPSA) is 75.7 Å². The number of carbonyl (C=O) groups is 3. The summed E-state index contributed by atoms with van der Waals surface area (Å²) in [5.41, 5.74) is 1.59. The van der Waals surface area contributed by atoms with E-state index in [1.807, 2.05) is 0 Å². The Labute approximate surface area is 146 Å². The minimum Gasteiger partial charge on any atom is -0.484 e. The molecule has 6 heteroatoms. The van der Waals surface area contributed by atoms with Gasteiger partial charge in [-0.05, 0) is 49.4 Å². The Balaban J connectivity index is 1.93. The molecule has 0 spiro atoms. The van der Waals surface area contributed by atoms with Crippen molar-refractivity contribution in [3.8, 4) is 5.75 Å². The van der Waals surface area contributed by atoms with Crippen molar-refractivity contribution in [2.24, 2.45) is 0 Å². The van der Waals surface area contributed by atoms with Crippen LogP contribution in [0.1, 0.15) is 27.6 Å². The van der Waals surface area contributed by atoms with E-state index >= 15 is 0 Å². The van der Waals surface area contributed by atoms with Crippen LogP contribution in [0.5, 0.6) is 5.75 Å². The van der Waals surface area contributed by atoms with Gasteiger partial charge in [-0.25, -0.2) is 0 Å². The first-order chi connectivity index (χ1) is 11.9. The van der Waals surface area contributed by atoms with Crippen LogP contribution in [-0.2, 0) is 4.79 Å². The summed E-state index contributed by atoms with van der Waals surface area (Å²) in [7, 11) is 3.33. The van der Waals surface area contributed by atoms with Crippen molar-refractivity contribution in [3.05, 3.63) is 59.7 Å². The van der Waals surface area contributed by atoms with E-state index in [4.69, 9.17) is 4.74 Å². The van der Waals surface area contributed by atoms with Crippen LogP contribution in [-0.4, -0.2) is 43.2 Å². The van der Waals surface area contributed by atoms with Crippen molar-refractivity contribution >= 4 is 23.3 Å². The van der Waals surface area contributed by atoms with Crippen LogP contribution in [0.15, 0.2) is 48.5 Å². The average molecular weight is 340 g/mol. The zero-order valence-corrected chi connectivity index (χ0v) is 14.4. The Morgan fingerprint density at radius 1 is 1.00 bits per heavy atom. The molecule has 0 aliphatic rings. The Morgan fingerprint density at radius 2 is 1.68 bits per heavy atom. The molecule has 0 bridgehead atoms. The number of anilines is 1. The predicted octanol–water partition coefficient (Wildman–Crippen LogP) is 2.61. The number of amides is 2. The molecule has 2 amide bonds. The van der Waals surface area contributed by atoms with Gasteiger partial charge in [0.1, 0.15) is 5.75 Å². The van der Waals surface area contributed by atoms with Gasteiger partial charge in [0.15, 0.2) is 12.4 Å². The minimum absolute atomic E-state index is 0.0311. The number of benzene rings is 2. The Kier molecular flexibility index (Phi) is 5.89. The van der Waals surface area contributed by atoms with Gasteiger partial charge in [-0.15, -0.1) is 0 Å². The van der Waals surface area contributed by atoms with Gasteiger partial charge in [0.25, 0.3) is 11.8 Å². The standard InChI is InChI=1S/C19H20N2O4/c1-13(22)14-7-9-17(10-8-14)25-12-18(23)20-16-6-4-5-15(11-16)19(24)21(2)3/h4-11H,12H2,1-3H3,(H,20,23). The lowest BCUT2D eigenvalue weighted by Crippen LogP contribution is -2.23. The quantitative estimate of drug-likeness (QED) is 0.820. The number of hydrogen-bond donors (Lipinski definition) is 1. The second kappa shape index (κ2) is 8.10. The van der Waals surface area contributed by atoms with Gasteiger partial charge in [-0.1, -0.05) is 6.07 Å². The van der Waals surface area contributed by atoms with Crippen LogP contribution >= 0.6 is 0 Å². The average Bonchev–Trinajstić information content (AvgIpc) is 2.59. The van der Waals surface area contributed by atoms with E-state index in [-0.39, 0.29) is 24.2 Å². The molecule has 130 valence electrons. The number of nitrogens with zero attached hydrogens (tertiary/aromatic N) is 1. The second-order valence-corrected chi connectivity index (χ2v) is 5.70. The Hall–Kier alpha value is -3.15. The highest BCUT2D eigenvalue weighted by molar-refractivity contribution is 5.97. The first kappa shape index (κ1) is 18.2. The van der Waals surface area contributed by atoms with E-state index in [2.05, 4.69) is 5.32 Å². The summed E-state index contributed by atoms with van der Waals surface area (Å²) in [6.45, 7) is 1.31. The number of nitrogens with one attached hydrogen (secondary N) is 1. The first-order valence-electron chi connectivity index (χ1n) is 7.72. The lowest BCUT2D eigenvalue weighted by molar-refractivity contribution is -0.118. The van der Waals surface area contributed by atoms with E-state index in [0.717, 1.165) is 0 Å². The molecule has 0 heterocycles. The number of ketones is 1. The molecule has 0 saturated heterocycles. The third-order valence-corrected chi connectivity index (χ3v) is 3.43. The van der Waals surface area contributed by atoms with Crippen molar-refractivity contribution in [1.29, 1.82) is 0 Å². The summed E-state index contributed by atoms with van der Waals surface area (Å²) in [5, 5.41) is 2.69. The SMILES string of the molecule is CC(=O)c1ccc(OCC(=O)Nc2cccc(C(=O)N(C)C)c2)cc1. The number of Topliss-reactive ketones (excluding diaryl/α,β-unsaturated/α-hetero) is 1. The molecule has 6 nitrogen and oxygen atoms in total. The number of hydrogen-bond acceptors (Lipinski definition) is 4. The van der Waals surface area contributed by atoms with E-state index in [0.29, 0.717) is 22.6 Å². The van der Waals surface area contributed by atoms with Crippen LogP contribution in [0.2, 0.25) is 0 Å². The molecule has 2 aromatic rings. The molecule has 0 fully saturated rings. The minimum atomic E-state index is -0.343. The highest BCUT2D eigenvalue weighted by Crippen LogP contribution is 2.14. The fourth-order valence-corrected chi connectivity index (χ4v) is 2.12. The largest absolute Gasteiger partial charge is 0.484 e. The molecular weight excluding hydrogens is 320 g/mol. The molecule has 25 heavy (non-hydrogen) atoms. The fraction of sp³-hybridized carbons (Fsp3) is 0.211. The second-order valence-electron chi connectivity index (χ2n) is 5.70. The molecule has 0 atom stereocenters. The lowest BCUT2D eigenvalue weighted by atomic mass is 10.1. The van der Waals surface area contributed by atoms with E-state index in [1.54, 1.807) is 62.6 Å². The highest BCUT2D eigenvalue weighted by atomic mass is 16.5. The van der Waals surface area contributed by atoms with E-state index < -0.39 is 0 Å².